The van der Waals surface area contributed by atoms with Crippen LogP contribution in [0.4, 0.5) is 5.69 Å². The van der Waals surface area contributed by atoms with E-state index in [0.29, 0.717) is 13.2 Å². The van der Waals surface area contributed by atoms with E-state index < -0.39 is 4.92 Å². The van der Waals surface area contributed by atoms with Gasteiger partial charge in [-0.2, -0.15) is 0 Å². The minimum absolute atomic E-state index is 0.0246. The van der Waals surface area contributed by atoms with Crippen molar-refractivity contribution in [3.8, 4) is 0 Å². The van der Waals surface area contributed by atoms with Crippen LogP contribution in [0, 0.1) is 10.1 Å². The third-order valence-electron chi connectivity index (χ3n) is 2.96. The van der Waals surface area contributed by atoms with Crippen molar-refractivity contribution >= 4 is 23.2 Å². The lowest BCUT2D eigenvalue weighted by Gasteiger charge is -2.23. The van der Waals surface area contributed by atoms with Crippen LogP contribution < -0.4 is 5.32 Å². The van der Waals surface area contributed by atoms with Gasteiger partial charge < -0.3 is 10.1 Å². The summed E-state index contributed by atoms with van der Waals surface area (Å²) in [6.07, 6.45) is 1.47. The summed E-state index contributed by atoms with van der Waals surface area (Å²) < 4.78 is 5.19. The van der Waals surface area contributed by atoms with Crippen LogP contribution in [0.5, 0.6) is 0 Å². The molecule has 1 aromatic rings. The summed E-state index contributed by atoms with van der Waals surface area (Å²) in [5.74, 6) is -0.388. The fourth-order valence-corrected chi connectivity index (χ4v) is 2.11. The standard InChI is InChI=1S/C12H13ClN2O4/c13-11-2-1-9(15(17)18)7-10(11)12(16)14-8-3-5-19-6-4-8/h1-2,7-8H,3-6H2,(H,14,16). The zero-order chi connectivity index (χ0) is 13.8. The highest BCUT2D eigenvalue weighted by molar-refractivity contribution is 6.33. The minimum atomic E-state index is -0.554. The van der Waals surface area contributed by atoms with Crippen molar-refractivity contribution in [3.63, 3.8) is 0 Å². The molecule has 19 heavy (non-hydrogen) atoms. The molecule has 1 fully saturated rings. The number of benzene rings is 1. The quantitative estimate of drug-likeness (QED) is 0.681. The molecule has 0 aliphatic carbocycles. The Morgan fingerprint density at radius 3 is 2.74 bits per heavy atom. The Labute approximate surface area is 114 Å². The SMILES string of the molecule is O=C(NC1CCOCC1)c1cc([N+](=O)[O-])ccc1Cl. The molecule has 0 radical (unpaired) electrons. The molecule has 0 spiro atoms. The van der Waals surface area contributed by atoms with E-state index in [2.05, 4.69) is 5.32 Å². The number of hydrogen-bond acceptors (Lipinski definition) is 4. The van der Waals surface area contributed by atoms with Crippen LogP contribution >= 0.6 is 11.6 Å². The zero-order valence-electron chi connectivity index (χ0n) is 10.1. The van der Waals surface area contributed by atoms with Gasteiger partial charge in [0, 0.05) is 31.4 Å². The number of nitrogens with zero attached hydrogens (tertiary/aromatic N) is 1. The Morgan fingerprint density at radius 1 is 1.42 bits per heavy atom. The van der Waals surface area contributed by atoms with E-state index in [9.17, 15) is 14.9 Å². The summed E-state index contributed by atoms with van der Waals surface area (Å²) in [7, 11) is 0. The van der Waals surface area contributed by atoms with Gasteiger partial charge in [-0.25, -0.2) is 0 Å². The molecule has 1 aliphatic heterocycles. The first kappa shape index (κ1) is 13.8. The maximum absolute atomic E-state index is 12.0. The molecule has 1 heterocycles. The van der Waals surface area contributed by atoms with Crippen molar-refractivity contribution in [2.45, 2.75) is 18.9 Å². The predicted molar refractivity (Wildman–Crippen MR) is 69.4 cm³/mol. The van der Waals surface area contributed by atoms with Crippen molar-refractivity contribution in [2.24, 2.45) is 0 Å². The van der Waals surface area contributed by atoms with Crippen LogP contribution in [0.25, 0.3) is 0 Å². The number of ether oxygens (including phenoxy) is 1. The van der Waals surface area contributed by atoms with E-state index in [1.165, 1.54) is 18.2 Å². The number of nitrogens with one attached hydrogen (secondary N) is 1. The van der Waals surface area contributed by atoms with Gasteiger partial charge >= 0.3 is 0 Å². The molecule has 1 saturated heterocycles. The van der Waals surface area contributed by atoms with Crippen LogP contribution in [0.1, 0.15) is 23.2 Å². The number of nitro benzene ring substituents is 1. The summed E-state index contributed by atoms with van der Waals surface area (Å²) in [5, 5.41) is 13.7. The first-order valence-corrected chi connectivity index (χ1v) is 6.28. The highest BCUT2D eigenvalue weighted by Gasteiger charge is 2.20. The smallest absolute Gasteiger partial charge is 0.270 e. The van der Waals surface area contributed by atoms with E-state index in [0.717, 1.165) is 12.8 Å². The fourth-order valence-electron chi connectivity index (χ4n) is 1.91. The van der Waals surface area contributed by atoms with Crippen molar-refractivity contribution < 1.29 is 14.5 Å². The number of hydrogen-bond donors (Lipinski definition) is 1. The largest absolute Gasteiger partial charge is 0.381 e. The molecule has 0 atom stereocenters. The lowest BCUT2D eigenvalue weighted by atomic mass is 10.1. The van der Waals surface area contributed by atoms with E-state index >= 15 is 0 Å². The number of carbonyl (C=O) groups excluding carboxylic acids is 1. The molecule has 7 heteroatoms. The lowest BCUT2D eigenvalue weighted by Crippen LogP contribution is -2.39. The summed E-state index contributed by atoms with van der Waals surface area (Å²) >= 11 is 5.91. The molecule has 0 unspecified atom stereocenters. The molecule has 2 rings (SSSR count). The average Bonchev–Trinajstić information content (AvgIpc) is 2.40. The van der Waals surface area contributed by atoms with Crippen molar-refractivity contribution in [3.05, 3.63) is 38.9 Å². The van der Waals surface area contributed by atoms with Crippen LogP contribution in [0.15, 0.2) is 18.2 Å². The van der Waals surface area contributed by atoms with Gasteiger partial charge in [0.2, 0.25) is 0 Å². The number of nitro groups is 1. The maximum atomic E-state index is 12.0. The van der Waals surface area contributed by atoms with E-state index in [-0.39, 0.29) is 28.2 Å². The Kier molecular flexibility index (Phi) is 4.34. The van der Waals surface area contributed by atoms with Gasteiger partial charge in [-0.1, -0.05) is 11.6 Å². The normalized spacial score (nSPS) is 16.1. The second kappa shape index (κ2) is 5.99. The zero-order valence-corrected chi connectivity index (χ0v) is 10.9. The van der Waals surface area contributed by atoms with Crippen molar-refractivity contribution in [1.29, 1.82) is 0 Å². The van der Waals surface area contributed by atoms with Gasteiger partial charge in [-0.3, -0.25) is 14.9 Å². The molecule has 102 valence electrons. The number of non-ortho nitro benzene ring substituents is 1. The summed E-state index contributed by atoms with van der Waals surface area (Å²) in [4.78, 5) is 22.2. The Morgan fingerprint density at radius 2 is 2.11 bits per heavy atom. The summed E-state index contributed by atoms with van der Waals surface area (Å²) in [5.41, 5.74) is -0.0242. The third-order valence-corrected chi connectivity index (χ3v) is 3.29. The maximum Gasteiger partial charge on any atom is 0.270 e. The Bertz CT molecular complexity index is 501. The van der Waals surface area contributed by atoms with Gasteiger partial charge in [0.05, 0.1) is 15.5 Å². The molecule has 1 amide bonds. The molecular formula is C12H13ClN2O4. The number of carbonyl (C=O) groups is 1. The van der Waals surface area contributed by atoms with Crippen LogP contribution in [-0.4, -0.2) is 30.1 Å². The fraction of sp³-hybridized carbons (Fsp3) is 0.417. The average molecular weight is 285 g/mol. The molecular weight excluding hydrogens is 272 g/mol. The van der Waals surface area contributed by atoms with E-state index in [1.807, 2.05) is 0 Å². The second-order valence-electron chi connectivity index (χ2n) is 4.28. The topological polar surface area (TPSA) is 81.5 Å². The molecule has 0 saturated carbocycles. The van der Waals surface area contributed by atoms with Gasteiger partial charge in [-0.05, 0) is 18.9 Å². The van der Waals surface area contributed by atoms with Gasteiger partial charge in [0.25, 0.3) is 11.6 Å². The Balaban J connectivity index is 2.13. The van der Waals surface area contributed by atoms with Gasteiger partial charge in [0.15, 0.2) is 0 Å². The number of rotatable bonds is 3. The van der Waals surface area contributed by atoms with Crippen molar-refractivity contribution in [1.82, 2.24) is 5.32 Å². The van der Waals surface area contributed by atoms with E-state index in [1.54, 1.807) is 0 Å². The number of halogens is 1. The van der Waals surface area contributed by atoms with Crippen LogP contribution in [-0.2, 0) is 4.74 Å². The second-order valence-corrected chi connectivity index (χ2v) is 4.69. The Hall–Kier alpha value is -1.66. The predicted octanol–water partition coefficient (Wildman–Crippen LogP) is 2.16. The molecule has 0 aromatic heterocycles. The molecule has 1 N–H and O–H groups in total. The molecule has 1 aromatic carbocycles. The highest BCUT2D eigenvalue weighted by Crippen LogP contribution is 2.22. The lowest BCUT2D eigenvalue weighted by molar-refractivity contribution is -0.384. The summed E-state index contributed by atoms with van der Waals surface area (Å²) in [6, 6.07) is 3.85. The van der Waals surface area contributed by atoms with Gasteiger partial charge in [-0.15, -0.1) is 0 Å². The molecule has 1 aliphatic rings. The van der Waals surface area contributed by atoms with E-state index in [4.69, 9.17) is 16.3 Å². The van der Waals surface area contributed by atoms with Crippen LogP contribution in [0.2, 0.25) is 5.02 Å². The summed E-state index contributed by atoms with van der Waals surface area (Å²) in [6.45, 7) is 1.21. The molecule has 6 nitrogen and oxygen atoms in total. The number of amides is 1. The molecule has 0 bridgehead atoms. The van der Waals surface area contributed by atoms with Crippen molar-refractivity contribution in [2.75, 3.05) is 13.2 Å². The highest BCUT2D eigenvalue weighted by atomic mass is 35.5. The third kappa shape index (κ3) is 3.42. The monoisotopic (exact) mass is 284 g/mol. The first-order valence-electron chi connectivity index (χ1n) is 5.90. The van der Waals surface area contributed by atoms with Gasteiger partial charge in [0.1, 0.15) is 0 Å². The minimum Gasteiger partial charge on any atom is -0.381 e. The first-order chi connectivity index (χ1) is 9.08. The van der Waals surface area contributed by atoms with Crippen LogP contribution in [0.3, 0.4) is 0 Å².